The lowest BCUT2D eigenvalue weighted by Gasteiger charge is -2.22. The molecule has 0 unspecified atom stereocenters. The molecule has 144 valence electrons. The van der Waals surface area contributed by atoms with Gasteiger partial charge < -0.3 is 9.73 Å². The zero-order chi connectivity index (χ0) is 20.0. The molecule has 0 spiro atoms. The Balaban J connectivity index is 1.85. The Bertz CT molecular complexity index is 1000. The molecule has 1 N–H and O–H groups in total. The summed E-state index contributed by atoms with van der Waals surface area (Å²) in [5, 5.41) is 2.93. The molecule has 1 aromatic heterocycles. The molecule has 1 aliphatic rings. The molecular weight excluding hydrogens is 394 g/mol. The lowest BCUT2D eigenvalue weighted by Crippen LogP contribution is -2.40. The molecule has 1 saturated heterocycles. The number of hydrogen-bond donors (Lipinski definition) is 1. The second-order valence-corrected chi connectivity index (χ2v) is 8.98. The van der Waals surface area contributed by atoms with Gasteiger partial charge in [-0.05, 0) is 36.8 Å². The first-order valence-electron chi connectivity index (χ1n) is 7.97. The number of halogens is 1. The Morgan fingerprint density at radius 1 is 1.15 bits per heavy atom. The van der Waals surface area contributed by atoms with Crippen molar-refractivity contribution in [3.8, 4) is 0 Å². The zero-order valence-electron chi connectivity index (χ0n) is 14.9. The number of sulfonamides is 1. The zero-order valence-corrected chi connectivity index (χ0v) is 16.5. The number of benzene rings is 1. The molecule has 0 aliphatic carbocycles. The third-order valence-corrected chi connectivity index (χ3v) is 6.32. The maximum atomic E-state index is 12.9. The number of imide groups is 1. The first-order chi connectivity index (χ1) is 12.6. The maximum Gasteiger partial charge on any atom is 0.325 e. The van der Waals surface area contributed by atoms with Crippen LogP contribution in [0.4, 0.5) is 4.79 Å². The second-order valence-electron chi connectivity index (χ2n) is 6.46. The number of nitrogens with zero attached hydrogens (tertiary/aromatic N) is 2. The lowest BCUT2D eigenvalue weighted by atomic mass is 9.92. The predicted octanol–water partition coefficient (Wildman–Crippen LogP) is 2.15. The van der Waals surface area contributed by atoms with Crippen molar-refractivity contribution in [2.75, 3.05) is 14.1 Å². The van der Waals surface area contributed by atoms with Crippen molar-refractivity contribution in [2.24, 2.45) is 0 Å². The molecule has 10 heteroatoms. The van der Waals surface area contributed by atoms with E-state index in [2.05, 4.69) is 5.32 Å². The van der Waals surface area contributed by atoms with E-state index < -0.39 is 27.5 Å². The third-order valence-electron chi connectivity index (χ3n) is 4.38. The third kappa shape index (κ3) is 3.33. The van der Waals surface area contributed by atoms with Gasteiger partial charge in [0.05, 0.1) is 6.54 Å². The van der Waals surface area contributed by atoms with Gasteiger partial charge in [-0.15, -0.1) is 0 Å². The second kappa shape index (κ2) is 6.66. The predicted molar refractivity (Wildman–Crippen MR) is 97.5 cm³/mol. The summed E-state index contributed by atoms with van der Waals surface area (Å²) in [6.45, 7) is 1.41. The summed E-state index contributed by atoms with van der Waals surface area (Å²) in [7, 11) is -0.974. The Morgan fingerprint density at radius 3 is 2.37 bits per heavy atom. The fourth-order valence-corrected chi connectivity index (χ4v) is 3.68. The average Bonchev–Trinajstić information content (AvgIpc) is 3.15. The van der Waals surface area contributed by atoms with Crippen molar-refractivity contribution in [1.82, 2.24) is 14.5 Å². The minimum Gasteiger partial charge on any atom is -0.446 e. The number of amides is 3. The van der Waals surface area contributed by atoms with E-state index >= 15 is 0 Å². The Kier molecular flexibility index (Phi) is 4.79. The monoisotopic (exact) mass is 411 g/mol. The fraction of sp³-hybridized carbons (Fsp3) is 0.294. The van der Waals surface area contributed by atoms with Crippen LogP contribution in [0.25, 0.3) is 0 Å². The summed E-state index contributed by atoms with van der Waals surface area (Å²) in [5.74, 6) is -0.289. The van der Waals surface area contributed by atoms with E-state index in [0.29, 0.717) is 10.6 Å². The van der Waals surface area contributed by atoms with E-state index in [9.17, 15) is 18.0 Å². The highest BCUT2D eigenvalue weighted by atomic mass is 35.5. The van der Waals surface area contributed by atoms with Crippen molar-refractivity contribution in [3.63, 3.8) is 0 Å². The van der Waals surface area contributed by atoms with E-state index in [1.165, 1.54) is 26.2 Å². The molecule has 0 radical (unpaired) electrons. The Labute approximate surface area is 161 Å². The molecule has 3 amide bonds. The highest BCUT2D eigenvalue weighted by Crippen LogP contribution is 2.31. The van der Waals surface area contributed by atoms with Crippen LogP contribution in [0.2, 0.25) is 5.02 Å². The van der Waals surface area contributed by atoms with Crippen molar-refractivity contribution in [3.05, 3.63) is 52.7 Å². The number of rotatable bonds is 5. The number of hydrogen-bond acceptors (Lipinski definition) is 5. The Morgan fingerprint density at radius 2 is 1.78 bits per heavy atom. The van der Waals surface area contributed by atoms with E-state index in [1.807, 2.05) is 0 Å². The summed E-state index contributed by atoms with van der Waals surface area (Å²) in [4.78, 5) is 26.2. The summed E-state index contributed by atoms with van der Waals surface area (Å²) < 4.78 is 30.5. The van der Waals surface area contributed by atoms with Gasteiger partial charge in [0.15, 0.2) is 0 Å². The molecule has 2 aromatic rings. The van der Waals surface area contributed by atoms with E-state index in [0.717, 1.165) is 9.21 Å². The minimum atomic E-state index is -3.74. The van der Waals surface area contributed by atoms with Crippen LogP contribution >= 0.6 is 11.6 Å². The quantitative estimate of drug-likeness (QED) is 0.760. The van der Waals surface area contributed by atoms with Crippen molar-refractivity contribution < 1.29 is 22.4 Å². The van der Waals surface area contributed by atoms with Crippen LogP contribution in [0.1, 0.15) is 18.2 Å². The molecule has 3 rings (SSSR count). The summed E-state index contributed by atoms with van der Waals surface area (Å²) in [5.41, 5.74) is -0.657. The fourth-order valence-electron chi connectivity index (χ4n) is 2.74. The van der Waals surface area contributed by atoms with Gasteiger partial charge in [0, 0.05) is 19.1 Å². The molecule has 1 aromatic carbocycles. The number of furan rings is 1. The lowest BCUT2D eigenvalue weighted by molar-refractivity contribution is -0.131. The molecule has 0 bridgehead atoms. The van der Waals surface area contributed by atoms with Crippen molar-refractivity contribution in [1.29, 1.82) is 0 Å². The normalized spacial score (nSPS) is 20.4. The largest absolute Gasteiger partial charge is 0.446 e. The summed E-state index contributed by atoms with van der Waals surface area (Å²) >= 11 is 5.88. The highest BCUT2D eigenvalue weighted by molar-refractivity contribution is 7.88. The Hall–Kier alpha value is -2.36. The van der Waals surface area contributed by atoms with Crippen LogP contribution in [0.3, 0.4) is 0 Å². The van der Waals surface area contributed by atoms with Crippen molar-refractivity contribution in [2.45, 2.75) is 24.1 Å². The SMILES string of the molecule is CN(C)S(=O)(=O)c1ccc(CN2C(=O)N[C@@](C)(c3ccc(Cl)cc3)C2=O)o1. The molecule has 8 nitrogen and oxygen atoms in total. The summed E-state index contributed by atoms with van der Waals surface area (Å²) in [6, 6.07) is 8.73. The van der Waals surface area contributed by atoms with Crippen LogP contribution in [0, 0.1) is 0 Å². The van der Waals surface area contributed by atoms with Gasteiger partial charge in [0.2, 0.25) is 5.09 Å². The molecule has 1 fully saturated rings. The van der Waals surface area contributed by atoms with Crippen LogP contribution in [-0.2, 0) is 26.9 Å². The molecule has 0 saturated carbocycles. The topological polar surface area (TPSA) is 99.9 Å². The minimum absolute atomic E-state index is 0.180. The van der Waals surface area contributed by atoms with Gasteiger partial charge in [-0.2, -0.15) is 0 Å². The molecule has 27 heavy (non-hydrogen) atoms. The van der Waals surface area contributed by atoms with Crippen molar-refractivity contribution >= 4 is 33.6 Å². The number of urea groups is 1. The molecular formula is C17H18ClN3O5S. The van der Waals surface area contributed by atoms with Gasteiger partial charge in [0.1, 0.15) is 11.3 Å². The summed E-state index contributed by atoms with van der Waals surface area (Å²) in [6.07, 6.45) is 0. The first-order valence-corrected chi connectivity index (χ1v) is 9.79. The molecule has 1 aliphatic heterocycles. The average molecular weight is 412 g/mol. The van der Waals surface area contributed by atoms with Crippen LogP contribution in [0.5, 0.6) is 0 Å². The number of carbonyl (C=O) groups excluding carboxylic acids is 2. The first kappa shape index (κ1) is 19.4. The van der Waals surface area contributed by atoms with E-state index in [4.69, 9.17) is 16.0 Å². The molecule has 2 heterocycles. The smallest absolute Gasteiger partial charge is 0.325 e. The van der Waals surface area contributed by atoms with E-state index in [1.54, 1.807) is 31.2 Å². The van der Waals surface area contributed by atoms with Crippen LogP contribution < -0.4 is 5.32 Å². The van der Waals surface area contributed by atoms with Crippen LogP contribution in [0.15, 0.2) is 45.9 Å². The van der Waals surface area contributed by atoms with Gasteiger partial charge >= 0.3 is 6.03 Å². The van der Waals surface area contributed by atoms with Gasteiger partial charge in [-0.25, -0.2) is 17.5 Å². The molecule has 1 atom stereocenters. The van der Waals surface area contributed by atoms with E-state index in [-0.39, 0.29) is 17.4 Å². The number of carbonyl (C=O) groups is 2. The van der Waals surface area contributed by atoms with Gasteiger partial charge in [0.25, 0.3) is 15.9 Å². The van der Waals surface area contributed by atoms with Crippen LogP contribution in [-0.4, -0.2) is 43.7 Å². The highest BCUT2D eigenvalue weighted by Gasteiger charge is 2.49. The van der Waals surface area contributed by atoms with Gasteiger partial charge in [-0.1, -0.05) is 23.7 Å². The van der Waals surface area contributed by atoms with Gasteiger partial charge in [-0.3, -0.25) is 9.69 Å². The standard InChI is InChI=1S/C17H18ClN3O5S/c1-17(11-4-6-12(18)7-5-11)15(22)21(16(23)19-17)10-13-8-9-14(26-13)27(24,25)20(2)3/h4-9H,10H2,1-3H3,(H,19,23)/t17-/m0/s1. The number of nitrogens with one attached hydrogen (secondary N) is 1. The maximum absolute atomic E-state index is 12.9.